The molecule has 0 aromatic heterocycles. The zero-order valence-corrected chi connectivity index (χ0v) is 5.71. The molecular weight excluding hydrogens is 116 g/mol. The molecule has 1 aliphatic heterocycles. The summed E-state index contributed by atoms with van der Waals surface area (Å²) < 4.78 is 0. The van der Waals surface area contributed by atoms with Crippen molar-refractivity contribution < 1.29 is 0 Å². The Morgan fingerprint density at radius 1 is 1.67 bits per heavy atom. The van der Waals surface area contributed by atoms with E-state index in [-0.39, 0.29) is 0 Å². The number of hydrogen-bond acceptors (Lipinski definition) is 3. The molecule has 3 heteroatoms. The van der Waals surface area contributed by atoms with Crippen LogP contribution < -0.4 is 0 Å². The summed E-state index contributed by atoms with van der Waals surface area (Å²) in [5.41, 5.74) is 0. The maximum atomic E-state index is 9.67. The highest BCUT2D eigenvalue weighted by Gasteiger charge is 2.21. The Bertz CT molecular complexity index is 99.2. The highest BCUT2D eigenvalue weighted by atomic mass is 16.3. The molecule has 0 amide bonds. The van der Waals surface area contributed by atoms with E-state index in [2.05, 4.69) is 17.1 Å². The zero-order valence-electron chi connectivity index (χ0n) is 5.71. The van der Waals surface area contributed by atoms with E-state index in [9.17, 15) is 4.91 Å². The predicted octanol–water partition coefficient (Wildman–Crippen LogP) is 0.704. The van der Waals surface area contributed by atoms with E-state index >= 15 is 0 Å². The first-order valence-corrected chi connectivity index (χ1v) is 3.30. The molecule has 0 saturated carbocycles. The van der Waals surface area contributed by atoms with Crippen molar-refractivity contribution in [2.75, 3.05) is 26.7 Å². The van der Waals surface area contributed by atoms with Gasteiger partial charge in [-0.05, 0) is 19.4 Å². The van der Waals surface area contributed by atoms with Crippen LogP contribution in [-0.4, -0.2) is 31.6 Å². The molecular formula is C6H12N2O. The predicted molar refractivity (Wildman–Crippen MR) is 36.3 cm³/mol. The highest BCUT2D eigenvalue weighted by molar-refractivity contribution is 4.76. The fraction of sp³-hybridized carbons (Fsp3) is 1.00. The minimum atomic E-state index is 0.499. The summed E-state index contributed by atoms with van der Waals surface area (Å²) in [4.78, 5) is 11.9. The highest BCUT2D eigenvalue weighted by Crippen LogP contribution is 2.15. The first-order valence-electron chi connectivity index (χ1n) is 3.30. The molecule has 1 aliphatic rings. The van der Waals surface area contributed by atoms with Crippen LogP contribution in [0.5, 0.6) is 0 Å². The number of likely N-dealkylation sites (tertiary alicyclic amines) is 1. The summed E-state index contributed by atoms with van der Waals surface area (Å²) in [6, 6.07) is 0. The van der Waals surface area contributed by atoms with Gasteiger partial charge in [0, 0.05) is 13.1 Å². The number of nitrogens with zero attached hydrogens (tertiary/aromatic N) is 2. The number of hydrogen-bond donors (Lipinski definition) is 0. The van der Waals surface area contributed by atoms with E-state index in [1.165, 1.54) is 0 Å². The van der Waals surface area contributed by atoms with Gasteiger partial charge in [-0.15, -0.1) is 0 Å². The minimum Gasteiger partial charge on any atom is -0.306 e. The number of nitroso groups, excluding NO2 is 1. The van der Waals surface area contributed by atoms with Crippen molar-refractivity contribution in [3.8, 4) is 0 Å². The first-order chi connectivity index (χ1) is 4.33. The Morgan fingerprint density at radius 3 is 2.78 bits per heavy atom. The van der Waals surface area contributed by atoms with E-state index in [0.717, 1.165) is 25.4 Å². The SMILES string of the molecule is CN1CC(CCN=O)C1. The molecule has 0 spiro atoms. The normalized spacial score (nSPS) is 21.4. The standard InChI is InChI=1S/C6H12N2O/c1-8-4-6(5-8)2-3-7-9/h6H,2-5H2,1H3. The summed E-state index contributed by atoms with van der Waals surface area (Å²) >= 11 is 0. The number of rotatable bonds is 3. The maximum absolute atomic E-state index is 9.67. The monoisotopic (exact) mass is 128 g/mol. The summed E-state index contributed by atoms with van der Waals surface area (Å²) in [5, 5.41) is 2.81. The topological polar surface area (TPSA) is 32.7 Å². The third kappa shape index (κ3) is 1.75. The molecule has 0 aliphatic carbocycles. The fourth-order valence-corrected chi connectivity index (χ4v) is 1.25. The molecule has 1 heterocycles. The lowest BCUT2D eigenvalue weighted by molar-refractivity contribution is 0.129. The largest absolute Gasteiger partial charge is 0.306 e. The molecule has 3 nitrogen and oxygen atoms in total. The molecule has 1 rings (SSSR count). The van der Waals surface area contributed by atoms with Crippen molar-refractivity contribution in [3.63, 3.8) is 0 Å². The molecule has 0 unspecified atom stereocenters. The van der Waals surface area contributed by atoms with Crippen LogP contribution in [0.4, 0.5) is 0 Å². The van der Waals surface area contributed by atoms with Gasteiger partial charge in [0.15, 0.2) is 0 Å². The van der Waals surface area contributed by atoms with Gasteiger partial charge in [-0.2, -0.15) is 4.91 Å². The Kier molecular flexibility index (Phi) is 2.16. The van der Waals surface area contributed by atoms with E-state index in [0.29, 0.717) is 6.54 Å². The van der Waals surface area contributed by atoms with Crippen LogP contribution in [-0.2, 0) is 0 Å². The molecule has 0 radical (unpaired) electrons. The third-order valence-electron chi connectivity index (χ3n) is 1.77. The summed E-state index contributed by atoms with van der Waals surface area (Å²) in [5.74, 6) is 0.743. The van der Waals surface area contributed by atoms with Crippen molar-refractivity contribution in [1.82, 2.24) is 4.90 Å². The van der Waals surface area contributed by atoms with E-state index in [1.54, 1.807) is 0 Å². The molecule has 0 aromatic carbocycles. The van der Waals surface area contributed by atoms with Crippen LogP contribution in [0.3, 0.4) is 0 Å². The second-order valence-electron chi connectivity index (χ2n) is 2.73. The summed E-state index contributed by atoms with van der Waals surface area (Å²) in [7, 11) is 2.09. The van der Waals surface area contributed by atoms with Crippen molar-refractivity contribution in [2.45, 2.75) is 6.42 Å². The lowest BCUT2D eigenvalue weighted by Crippen LogP contribution is -2.43. The lowest BCUT2D eigenvalue weighted by Gasteiger charge is -2.35. The van der Waals surface area contributed by atoms with Crippen molar-refractivity contribution in [2.24, 2.45) is 11.1 Å². The maximum Gasteiger partial charge on any atom is 0.0814 e. The molecule has 1 fully saturated rings. The molecule has 9 heavy (non-hydrogen) atoms. The van der Waals surface area contributed by atoms with E-state index < -0.39 is 0 Å². The molecule has 0 N–H and O–H groups in total. The van der Waals surface area contributed by atoms with Gasteiger partial charge >= 0.3 is 0 Å². The summed E-state index contributed by atoms with van der Waals surface area (Å²) in [6.07, 6.45) is 0.980. The average molecular weight is 128 g/mol. The Morgan fingerprint density at radius 2 is 2.33 bits per heavy atom. The van der Waals surface area contributed by atoms with Gasteiger partial charge in [0.2, 0.25) is 0 Å². The Hall–Kier alpha value is -0.440. The fourth-order valence-electron chi connectivity index (χ4n) is 1.25. The van der Waals surface area contributed by atoms with Crippen LogP contribution in [0.2, 0.25) is 0 Å². The third-order valence-corrected chi connectivity index (χ3v) is 1.77. The lowest BCUT2D eigenvalue weighted by atomic mass is 9.98. The zero-order chi connectivity index (χ0) is 6.69. The minimum absolute atomic E-state index is 0.499. The smallest absolute Gasteiger partial charge is 0.0814 e. The first kappa shape index (κ1) is 6.68. The van der Waals surface area contributed by atoms with Gasteiger partial charge in [0.1, 0.15) is 0 Å². The van der Waals surface area contributed by atoms with Crippen molar-refractivity contribution >= 4 is 0 Å². The van der Waals surface area contributed by atoms with Gasteiger partial charge in [0.05, 0.1) is 6.54 Å². The second-order valence-corrected chi connectivity index (χ2v) is 2.73. The quantitative estimate of drug-likeness (QED) is 0.524. The van der Waals surface area contributed by atoms with Gasteiger partial charge in [0.25, 0.3) is 0 Å². The molecule has 0 atom stereocenters. The second kappa shape index (κ2) is 2.92. The summed E-state index contributed by atoms with van der Waals surface area (Å²) in [6.45, 7) is 2.80. The van der Waals surface area contributed by atoms with Crippen molar-refractivity contribution in [3.05, 3.63) is 4.91 Å². The molecule has 1 saturated heterocycles. The Balaban J connectivity index is 1.97. The van der Waals surface area contributed by atoms with Crippen LogP contribution >= 0.6 is 0 Å². The van der Waals surface area contributed by atoms with Gasteiger partial charge < -0.3 is 4.90 Å². The van der Waals surface area contributed by atoms with E-state index in [4.69, 9.17) is 0 Å². The van der Waals surface area contributed by atoms with Gasteiger partial charge in [-0.25, -0.2) is 0 Å². The van der Waals surface area contributed by atoms with Crippen molar-refractivity contribution in [1.29, 1.82) is 0 Å². The Labute approximate surface area is 55.0 Å². The van der Waals surface area contributed by atoms with Gasteiger partial charge in [-0.3, -0.25) is 0 Å². The van der Waals surface area contributed by atoms with Crippen LogP contribution in [0.15, 0.2) is 5.18 Å². The molecule has 0 bridgehead atoms. The van der Waals surface area contributed by atoms with Crippen LogP contribution in [0.1, 0.15) is 6.42 Å². The van der Waals surface area contributed by atoms with E-state index in [1.807, 2.05) is 0 Å². The van der Waals surface area contributed by atoms with Gasteiger partial charge in [-0.1, -0.05) is 5.18 Å². The van der Waals surface area contributed by atoms with Crippen LogP contribution in [0.25, 0.3) is 0 Å². The van der Waals surface area contributed by atoms with Crippen LogP contribution in [0, 0.1) is 10.8 Å². The average Bonchev–Trinajstić information content (AvgIpc) is 1.78. The molecule has 0 aromatic rings. The molecule has 52 valence electrons.